The quantitative estimate of drug-likeness (QED) is 0.0211. The highest BCUT2D eigenvalue weighted by Crippen LogP contribution is 2.43. The van der Waals surface area contributed by atoms with Crippen molar-refractivity contribution in [1.82, 2.24) is 0 Å². The van der Waals surface area contributed by atoms with Crippen LogP contribution in [0.2, 0.25) is 0 Å². The van der Waals surface area contributed by atoms with Crippen LogP contribution >= 0.6 is 7.82 Å². The van der Waals surface area contributed by atoms with E-state index in [0.29, 0.717) is 17.4 Å². The van der Waals surface area contributed by atoms with Crippen LogP contribution in [0, 0.1) is 0 Å². The molecule has 0 radical (unpaired) electrons. The Labute approximate surface area is 458 Å². The Balaban J connectivity index is 3.90. The summed E-state index contributed by atoms with van der Waals surface area (Å²) in [4.78, 5) is 35.6. The van der Waals surface area contributed by atoms with Crippen molar-refractivity contribution in [2.45, 2.75) is 302 Å². The predicted octanol–water partition coefficient (Wildman–Crippen LogP) is 19.7. The molecular weight excluding hydrogens is 942 g/mol. The molecule has 10 heteroatoms. The Morgan fingerprint density at radius 3 is 1.12 bits per heavy atom. The molecule has 0 aromatic heterocycles. The fourth-order valence-corrected chi connectivity index (χ4v) is 9.71. The molecule has 0 heterocycles. The Kier molecular flexibility index (Phi) is 54.2. The zero-order valence-corrected chi connectivity index (χ0v) is 50.2. The molecular formula is C64H121NO8P+. The first-order chi connectivity index (χ1) is 36.0. The molecule has 0 aliphatic heterocycles. The summed E-state index contributed by atoms with van der Waals surface area (Å²) in [6.45, 7) is 4.37. The van der Waals surface area contributed by atoms with Gasteiger partial charge in [-0.05, 0) is 70.6 Å². The molecule has 0 spiro atoms. The van der Waals surface area contributed by atoms with Crippen LogP contribution < -0.4 is 0 Å². The molecule has 0 bridgehead atoms. The number of hydrogen-bond donors (Lipinski definition) is 1. The van der Waals surface area contributed by atoms with Crippen molar-refractivity contribution in [3.63, 3.8) is 0 Å². The lowest BCUT2D eigenvalue weighted by molar-refractivity contribution is -0.870. The van der Waals surface area contributed by atoms with E-state index in [4.69, 9.17) is 18.5 Å². The van der Waals surface area contributed by atoms with E-state index in [2.05, 4.69) is 62.5 Å². The van der Waals surface area contributed by atoms with Gasteiger partial charge in [0.2, 0.25) is 0 Å². The summed E-state index contributed by atoms with van der Waals surface area (Å²) in [5.41, 5.74) is 0. The fourth-order valence-electron chi connectivity index (χ4n) is 8.97. The number of rotatable bonds is 58. The van der Waals surface area contributed by atoms with Gasteiger partial charge in [-0.3, -0.25) is 18.6 Å². The molecule has 0 saturated heterocycles. The Morgan fingerprint density at radius 2 is 0.757 bits per heavy atom. The minimum absolute atomic E-state index is 0.0303. The molecule has 0 aliphatic carbocycles. The maximum atomic E-state index is 12.8. The zero-order chi connectivity index (χ0) is 54.2. The van der Waals surface area contributed by atoms with Gasteiger partial charge >= 0.3 is 19.8 Å². The molecule has 1 N–H and O–H groups in total. The predicted molar refractivity (Wildman–Crippen MR) is 317 cm³/mol. The lowest BCUT2D eigenvalue weighted by atomic mass is 10.0. The van der Waals surface area contributed by atoms with Gasteiger partial charge in [0.25, 0.3) is 0 Å². The lowest BCUT2D eigenvalue weighted by Gasteiger charge is -2.24. The number of carbonyl (C=O) groups excluding carboxylic acids is 2. The van der Waals surface area contributed by atoms with Crippen LogP contribution in [0.25, 0.3) is 0 Å². The van der Waals surface area contributed by atoms with E-state index in [1.54, 1.807) is 0 Å². The van der Waals surface area contributed by atoms with Gasteiger partial charge in [0.1, 0.15) is 19.8 Å². The maximum Gasteiger partial charge on any atom is 0.472 e. The second-order valence-corrected chi connectivity index (χ2v) is 23.9. The van der Waals surface area contributed by atoms with Crippen molar-refractivity contribution >= 4 is 19.8 Å². The summed E-state index contributed by atoms with van der Waals surface area (Å²) in [6, 6.07) is 0. The van der Waals surface area contributed by atoms with E-state index in [1.165, 1.54) is 193 Å². The van der Waals surface area contributed by atoms with E-state index in [1.807, 2.05) is 21.1 Å². The highest BCUT2D eigenvalue weighted by atomic mass is 31.2. The van der Waals surface area contributed by atoms with E-state index < -0.39 is 26.5 Å². The van der Waals surface area contributed by atoms with Crippen LogP contribution in [0.1, 0.15) is 296 Å². The van der Waals surface area contributed by atoms with Crippen molar-refractivity contribution < 1.29 is 42.1 Å². The standard InChI is InChI=1S/C64H120NO8P/c1-6-8-10-12-14-16-18-20-21-22-23-24-25-26-27-28-29-30-31-32-33-34-35-36-37-38-39-40-41-42-43-45-47-49-51-53-55-57-64(67)73-62(61-72-74(68,69)71-59-58-65(3,4)5)60-70-63(66)56-54-52-50-48-46-44-19-17-15-13-11-9-7-2/h11,13,17-20,22-23,62H,6-10,12,14-16,21,24-61H2,1-5H3/p+1/b13-11-,19-17-,20-18-,23-22-. The second-order valence-electron chi connectivity index (χ2n) is 22.4. The summed E-state index contributed by atoms with van der Waals surface area (Å²) in [5, 5.41) is 0. The summed E-state index contributed by atoms with van der Waals surface area (Å²) >= 11 is 0. The van der Waals surface area contributed by atoms with Gasteiger partial charge in [0, 0.05) is 12.8 Å². The molecule has 434 valence electrons. The summed E-state index contributed by atoms with van der Waals surface area (Å²) in [7, 11) is 1.48. The number of esters is 2. The van der Waals surface area contributed by atoms with Gasteiger partial charge in [-0.2, -0.15) is 0 Å². The van der Waals surface area contributed by atoms with Gasteiger partial charge in [0.15, 0.2) is 6.10 Å². The number of phosphoric acid groups is 1. The third-order valence-electron chi connectivity index (χ3n) is 13.8. The SMILES string of the molecule is CCC/C=C\C/C=C\CCCCCCCC(=O)OCC(COP(=O)(O)OCC[N+](C)(C)C)OC(=O)CCCCCCCCCCCCCCCCCCCCCCCCCCC/C=C\C/C=C\CCCCCCC. The Morgan fingerprint density at radius 1 is 0.419 bits per heavy atom. The monoisotopic (exact) mass is 1060 g/mol. The molecule has 0 saturated carbocycles. The van der Waals surface area contributed by atoms with Crippen LogP contribution in [0.4, 0.5) is 0 Å². The zero-order valence-electron chi connectivity index (χ0n) is 49.3. The van der Waals surface area contributed by atoms with E-state index in [9.17, 15) is 19.0 Å². The molecule has 0 aromatic rings. The van der Waals surface area contributed by atoms with E-state index in [-0.39, 0.29) is 32.0 Å². The molecule has 2 atom stereocenters. The van der Waals surface area contributed by atoms with E-state index in [0.717, 1.165) is 70.6 Å². The largest absolute Gasteiger partial charge is 0.472 e. The van der Waals surface area contributed by atoms with Crippen molar-refractivity contribution in [2.75, 3.05) is 47.5 Å². The molecule has 0 rings (SSSR count). The first-order valence-corrected chi connectivity index (χ1v) is 32.9. The molecule has 0 amide bonds. The lowest BCUT2D eigenvalue weighted by Crippen LogP contribution is -2.37. The van der Waals surface area contributed by atoms with Gasteiger partial charge in [-0.25, -0.2) is 4.57 Å². The highest BCUT2D eigenvalue weighted by molar-refractivity contribution is 7.47. The minimum Gasteiger partial charge on any atom is -0.462 e. The summed E-state index contributed by atoms with van der Waals surface area (Å²) < 4.78 is 34.5. The van der Waals surface area contributed by atoms with Crippen LogP contribution in [0.3, 0.4) is 0 Å². The highest BCUT2D eigenvalue weighted by Gasteiger charge is 2.27. The molecule has 2 unspecified atom stereocenters. The first kappa shape index (κ1) is 72.0. The van der Waals surface area contributed by atoms with Gasteiger partial charge in [-0.1, -0.05) is 262 Å². The number of allylic oxidation sites excluding steroid dienone is 8. The minimum atomic E-state index is -4.38. The van der Waals surface area contributed by atoms with Crippen LogP contribution in [-0.4, -0.2) is 74.9 Å². The number of hydrogen-bond acceptors (Lipinski definition) is 7. The van der Waals surface area contributed by atoms with Crippen molar-refractivity contribution in [3.05, 3.63) is 48.6 Å². The number of nitrogens with zero attached hydrogens (tertiary/aromatic N) is 1. The van der Waals surface area contributed by atoms with Crippen molar-refractivity contribution in [1.29, 1.82) is 0 Å². The molecule has 0 aliphatic rings. The van der Waals surface area contributed by atoms with Crippen molar-refractivity contribution in [3.8, 4) is 0 Å². The van der Waals surface area contributed by atoms with Gasteiger partial charge in [0.05, 0.1) is 27.7 Å². The van der Waals surface area contributed by atoms with Crippen LogP contribution in [0.5, 0.6) is 0 Å². The average Bonchev–Trinajstić information content (AvgIpc) is 3.36. The van der Waals surface area contributed by atoms with Gasteiger partial charge < -0.3 is 18.9 Å². The molecule has 0 aromatic carbocycles. The second kappa shape index (κ2) is 55.7. The van der Waals surface area contributed by atoms with Crippen LogP contribution in [0.15, 0.2) is 48.6 Å². The smallest absolute Gasteiger partial charge is 0.462 e. The summed E-state index contributed by atoms with van der Waals surface area (Å²) in [6.07, 6.45) is 70.8. The maximum absolute atomic E-state index is 12.8. The number of likely N-dealkylation sites (N-methyl/N-ethyl adjacent to an activating group) is 1. The third-order valence-corrected chi connectivity index (χ3v) is 14.8. The number of unbranched alkanes of at least 4 members (excludes halogenated alkanes) is 36. The number of quaternary nitrogens is 1. The Bertz CT molecular complexity index is 1390. The normalized spacial score (nSPS) is 13.5. The first-order valence-electron chi connectivity index (χ1n) is 31.4. The number of carbonyl (C=O) groups is 2. The number of phosphoric ester groups is 1. The van der Waals surface area contributed by atoms with E-state index >= 15 is 0 Å². The third kappa shape index (κ3) is 59.2. The van der Waals surface area contributed by atoms with Crippen LogP contribution in [-0.2, 0) is 32.7 Å². The number of ether oxygens (including phenoxy) is 2. The molecule has 9 nitrogen and oxygen atoms in total. The summed E-state index contributed by atoms with van der Waals surface area (Å²) in [5.74, 6) is -0.804. The fraction of sp³-hybridized carbons (Fsp3) is 0.844. The average molecular weight is 1060 g/mol. The Hall–Kier alpha value is -2.03. The van der Waals surface area contributed by atoms with Gasteiger partial charge in [-0.15, -0.1) is 0 Å². The van der Waals surface area contributed by atoms with Crippen molar-refractivity contribution in [2.24, 2.45) is 0 Å². The molecule has 74 heavy (non-hydrogen) atoms. The topological polar surface area (TPSA) is 108 Å². The molecule has 0 fully saturated rings.